The van der Waals surface area contributed by atoms with Crippen LogP contribution in [0.25, 0.3) is 10.9 Å². The molecule has 0 saturated carbocycles. The first-order valence-corrected chi connectivity index (χ1v) is 5.84. The van der Waals surface area contributed by atoms with Crippen molar-refractivity contribution >= 4 is 56.0 Å². The van der Waals surface area contributed by atoms with Gasteiger partial charge in [0, 0.05) is 9.86 Å². The summed E-state index contributed by atoms with van der Waals surface area (Å²) in [6.45, 7) is 0. The van der Waals surface area contributed by atoms with E-state index < -0.39 is 5.97 Å². The van der Waals surface area contributed by atoms with Gasteiger partial charge in [-0.3, -0.25) is 0 Å². The Labute approximate surface area is 110 Å². The van der Waals surface area contributed by atoms with Crippen molar-refractivity contribution in [3.63, 3.8) is 0 Å². The number of fused-ring (bicyclic) bond motifs is 1. The van der Waals surface area contributed by atoms with Crippen LogP contribution in [0.2, 0.25) is 10.0 Å². The maximum atomic E-state index is 11.3. The summed E-state index contributed by atoms with van der Waals surface area (Å²) < 4.78 is 5.38. The first-order valence-electron chi connectivity index (χ1n) is 4.29. The molecule has 2 aromatic rings. The van der Waals surface area contributed by atoms with Crippen molar-refractivity contribution in [3.8, 4) is 0 Å². The Morgan fingerprint density at radius 2 is 2.12 bits per heavy atom. The lowest BCUT2D eigenvalue weighted by Crippen LogP contribution is -2.00. The Hall–Kier alpha value is -0.710. The number of aromatic nitrogens is 1. The van der Waals surface area contributed by atoms with Crippen LogP contribution in [0, 0.1) is 0 Å². The van der Waals surface area contributed by atoms with E-state index in [1.54, 1.807) is 12.1 Å². The number of benzene rings is 1. The Balaban J connectivity index is 2.74. The van der Waals surface area contributed by atoms with Crippen molar-refractivity contribution in [1.29, 1.82) is 0 Å². The van der Waals surface area contributed by atoms with Gasteiger partial charge in [-0.1, -0.05) is 39.1 Å². The summed E-state index contributed by atoms with van der Waals surface area (Å²) in [5, 5.41) is 1.59. The molecule has 0 saturated heterocycles. The highest BCUT2D eigenvalue weighted by Gasteiger charge is 2.15. The number of rotatable bonds is 1. The van der Waals surface area contributed by atoms with Crippen molar-refractivity contribution in [2.45, 2.75) is 0 Å². The van der Waals surface area contributed by atoms with Crippen molar-refractivity contribution in [2.75, 3.05) is 7.11 Å². The van der Waals surface area contributed by atoms with Crippen LogP contribution < -0.4 is 0 Å². The fourth-order valence-electron chi connectivity index (χ4n) is 1.41. The second-order valence-corrected chi connectivity index (χ2v) is 4.76. The fraction of sp³-hybridized carbons (Fsp3) is 0.100. The summed E-state index contributed by atoms with van der Waals surface area (Å²) in [7, 11) is 1.32. The first-order chi connectivity index (χ1) is 7.54. The standard InChI is InChI=1S/C10H6BrCl2NO2/c1-16-10(15)7-2-4-5(11)3-6(12)8(13)9(4)14-7/h2-3,14H,1H3. The monoisotopic (exact) mass is 321 g/mol. The molecule has 1 N–H and O–H groups in total. The van der Waals surface area contributed by atoms with Crippen LogP contribution in [0.1, 0.15) is 10.5 Å². The van der Waals surface area contributed by atoms with Crippen LogP contribution in [0.4, 0.5) is 0 Å². The Bertz CT molecular complexity index is 580. The number of methoxy groups -OCH3 is 1. The van der Waals surface area contributed by atoms with Gasteiger partial charge in [0.2, 0.25) is 0 Å². The molecule has 0 amide bonds. The summed E-state index contributed by atoms with van der Waals surface area (Å²) in [6, 6.07) is 3.34. The molecule has 0 bridgehead atoms. The van der Waals surface area contributed by atoms with Gasteiger partial charge in [0.05, 0.1) is 22.7 Å². The van der Waals surface area contributed by atoms with E-state index in [1.807, 2.05) is 0 Å². The van der Waals surface area contributed by atoms with Crippen LogP contribution in [0.5, 0.6) is 0 Å². The number of ether oxygens (including phenoxy) is 1. The van der Waals surface area contributed by atoms with Gasteiger partial charge in [0.15, 0.2) is 0 Å². The highest BCUT2D eigenvalue weighted by molar-refractivity contribution is 9.10. The van der Waals surface area contributed by atoms with Gasteiger partial charge in [-0.2, -0.15) is 0 Å². The van der Waals surface area contributed by atoms with Crippen LogP contribution in [-0.2, 0) is 4.74 Å². The molecule has 1 aromatic carbocycles. The lowest BCUT2D eigenvalue weighted by atomic mass is 10.2. The molecule has 2 rings (SSSR count). The molecule has 0 aliphatic heterocycles. The first kappa shape index (κ1) is 11.8. The second-order valence-electron chi connectivity index (χ2n) is 3.12. The van der Waals surface area contributed by atoms with Gasteiger partial charge in [-0.25, -0.2) is 4.79 Å². The molecule has 0 aliphatic rings. The summed E-state index contributed by atoms with van der Waals surface area (Å²) in [5.41, 5.74) is 0.948. The Morgan fingerprint density at radius 3 is 2.75 bits per heavy atom. The van der Waals surface area contributed by atoms with Crippen LogP contribution in [0.3, 0.4) is 0 Å². The molecule has 6 heteroatoms. The molecule has 1 aromatic heterocycles. The number of hydrogen-bond acceptors (Lipinski definition) is 2. The Kier molecular flexibility index (Phi) is 3.15. The van der Waals surface area contributed by atoms with E-state index in [0.717, 1.165) is 9.86 Å². The van der Waals surface area contributed by atoms with Gasteiger partial charge in [0.25, 0.3) is 0 Å². The van der Waals surface area contributed by atoms with Crippen molar-refractivity contribution in [3.05, 3.63) is 32.3 Å². The van der Waals surface area contributed by atoms with Crippen LogP contribution in [0.15, 0.2) is 16.6 Å². The van der Waals surface area contributed by atoms with Crippen molar-refractivity contribution in [1.82, 2.24) is 4.98 Å². The SMILES string of the molecule is COC(=O)c1cc2c(Br)cc(Cl)c(Cl)c2[nH]1. The normalized spacial score (nSPS) is 10.8. The van der Waals surface area contributed by atoms with Crippen molar-refractivity contribution < 1.29 is 9.53 Å². The zero-order valence-corrected chi connectivity index (χ0v) is 11.2. The molecule has 0 fully saturated rings. The van der Waals surface area contributed by atoms with Gasteiger partial charge in [-0.15, -0.1) is 0 Å². The highest BCUT2D eigenvalue weighted by Crippen LogP contribution is 2.36. The molecule has 0 spiro atoms. The predicted octanol–water partition coefficient (Wildman–Crippen LogP) is 4.02. The topological polar surface area (TPSA) is 42.1 Å². The lowest BCUT2D eigenvalue weighted by Gasteiger charge is -1.99. The molecule has 1 heterocycles. The molecular weight excluding hydrogens is 317 g/mol. The van der Waals surface area contributed by atoms with Crippen molar-refractivity contribution in [2.24, 2.45) is 0 Å². The van der Waals surface area contributed by atoms with Gasteiger partial charge < -0.3 is 9.72 Å². The third-order valence-corrected chi connectivity index (χ3v) is 3.61. The van der Waals surface area contributed by atoms with E-state index in [0.29, 0.717) is 21.3 Å². The smallest absolute Gasteiger partial charge is 0.354 e. The van der Waals surface area contributed by atoms with Gasteiger partial charge in [0.1, 0.15) is 5.69 Å². The molecule has 0 aliphatic carbocycles. The Morgan fingerprint density at radius 1 is 1.44 bits per heavy atom. The summed E-state index contributed by atoms with van der Waals surface area (Å²) in [4.78, 5) is 14.2. The predicted molar refractivity (Wildman–Crippen MR) is 67.4 cm³/mol. The number of H-pyrrole nitrogens is 1. The summed E-state index contributed by atoms with van der Waals surface area (Å²) in [5.74, 6) is -0.449. The largest absolute Gasteiger partial charge is 0.464 e. The molecule has 0 radical (unpaired) electrons. The van der Waals surface area contributed by atoms with E-state index in [2.05, 4.69) is 25.7 Å². The molecule has 0 atom stereocenters. The zero-order chi connectivity index (χ0) is 11.9. The molecular formula is C10H6BrCl2NO2. The number of esters is 1. The van der Waals surface area contributed by atoms with E-state index in [1.165, 1.54) is 7.11 Å². The third kappa shape index (κ3) is 1.81. The van der Waals surface area contributed by atoms with E-state index in [4.69, 9.17) is 23.2 Å². The number of carbonyl (C=O) groups is 1. The minimum atomic E-state index is -0.449. The molecule has 84 valence electrons. The van der Waals surface area contributed by atoms with Crippen LogP contribution in [-0.4, -0.2) is 18.1 Å². The maximum absolute atomic E-state index is 11.3. The number of aromatic amines is 1. The third-order valence-electron chi connectivity index (χ3n) is 2.16. The molecule has 0 unspecified atom stereocenters. The fourth-order valence-corrected chi connectivity index (χ4v) is 2.49. The summed E-state index contributed by atoms with van der Waals surface area (Å²) >= 11 is 15.3. The molecule has 3 nitrogen and oxygen atoms in total. The average Bonchev–Trinajstić information content (AvgIpc) is 2.70. The van der Waals surface area contributed by atoms with Gasteiger partial charge >= 0.3 is 5.97 Å². The number of carbonyl (C=O) groups excluding carboxylic acids is 1. The lowest BCUT2D eigenvalue weighted by molar-refractivity contribution is 0.0595. The summed E-state index contributed by atoms with van der Waals surface area (Å²) in [6.07, 6.45) is 0. The number of hydrogen-bond donors (Lipinski definition) is 1. The second kappa shape index (κ2) is 4.28. The van der Waals surface area contributed by atoms with Crippen LogP contribution >= 0.6 is 39.1 Å². The number of nitrogens with one attached hydrogen (secondary N) is 1. The van der Waals surface area contributed by atoms with Gasteiger partial charge in [-0.05, 0) is 12.1 Å². The minimum Gasteiger partial charge on any atom is -0.464 e. The highest BCUT2D eigenvalue weighted by atomic mass is 79.9. The quantitative estimate of drug-likeness (QED) is 0.636. The van der Waals surface area contributed by atoms with E-state index in [-0.39, 0.29) is 0 Å². The average molecular weight is 323 g/mol. The minimum absolute atomic E-state index is 0.336. The maximum Gasteiger partial charge on any atom is 0.354 e. The van der Waals surface area contributed by atoms with E-state index in [9.17, 15) is 4.79 Å². The molecule has 16 heavy (non-hydrogen) atoms. The number of halogens is 3. The zero-order valence-electron chi connectivity index (χ0n) is 8.11. The van der Waals surface area contributed by atoms with E-state index >= 15 is 0 Å².